The van der Waals surface area contributed by atoms with Gasteiger partial charge in [0.15, 0.2) is 0 Å². The minimum atomic E-state index is 0.811. The highest BCUT2D eigenvalue weighted by Crippen LogP contribution is 2.18. The summed E-state index contributed by atoms with van der Waals surface area (Å²) in [6, 6.07) is 6.29. The molecular weight excluding hydrogens is 268 g/mol. The van der Waals surface area contributed by atoms with Gasteiger partial charge in [-0.15, -0.1) is 11.3 Å². The number of hydrogen-bond donors (Lipinski definition) is 2. The van der Waals surface area contributed by atoms with Gasteiger partial charge in [-0.25, -0.2) is 9.97 Å². The molecule has 0 aromatic carbocycles. The second kappa shape index (κ2) is 7.24. The van der Waals surface area contributed by atoms with Crippen LogP contribution in [0.2, 0.25) is 0 Å². The maximum absolute atomic E-state index is 4.52. The number of aryl methyl sites for hydroxylation is 2. The fraction of sp³-hybridized carbons (Fsp3) is 0.467. The SMILES string of the molecule is CCCNc1cc(NCc2ccc(C)s2)nc(CC)n1. The Labute approximate surface area is 124 Å². The normalized spacial score (nSPS) is 10.6. The Hall–Kier alpha value is -1.62. The molecule has 0 spiro atoms. The zero-order valence-electron chi connectivity index (χ0n) is 12.4. The Morgan fingerprint density at radius 3 is 2.45 bits per heavy atom. The topological polar surface area (TPSA) is 49.8 Å². The molecule has 0 aliphatic heterocycles. The van der Waals surface area contributed by atoms with Gasteiger partial charge in [-0.3, -0.25) is 0 Å². The average molecular weight is 290 g/mol. The predicted molar refractivity (Wildman–Crippen MR) is 86.6 cm³/mol. The molecule has 0 aliphatic carbocycles. The Morgan fingerprint density at radius 2 is 1.85 bits per heavy atom. The third kappa shape index (κ3) is 4.20. The third-order valence-electron chi connectivity index (χ3n) is 2.88. The first-order chi connectivity index (χ1) is 9.71. The second-order valence-corrected chi connectivity index (χ2v) is 6.07. The van der Waals surface area contributed by atoms with E-state index in [4.69, 9.17) is 0 Å². The van der Waals surface area contributed by atoms with Gasteiger partial charge in [-0.1, -0.05) is 13.8 Å². The number of rotatable bonds is 7. The lowest BCUT2D eigenvalue weighted by Gasteiger charge is -2.10. The van der Waals surface area contributed by atoms with E-state index in [0.29, 0.717) is 0 Å². The molecule has 5 heteroatoms. The summed E-state index contributed by atoms with van der Waals surface area (Å²) >= 11 is 1.81. The monoisotopic (exact) mass is 290 g/mol. The summed E-state index contributed by atoms with van der Waals surface area (Å²) in [5, 5.41) is 6.71. The van der Waals surface area contributed by atoms with E-state index in [0.717, 1.165) is 43.4 Å². The Morgan fingerprint density at radius 1 is 1.10 bits per heavy atom. The van der Waals surface area contributed by atoms with Crippen LogP contribution < -0.4 is 10.6 Å². The van der Waals surface area contributed by atoms with E-state index in [-0.39, 0.29) is 0 Å². The zero-order valence-corrected chi connectivity index (χ0v) is 13.2. The average Bonchev–Trinajstić information content (AvgIpc) is 2.88. The van der Waals surface area contributed by atoms with Crippen LogP contribution in [0.25, 0.3) is 0 Å². The molecule has 2 aromatic rings. The molecule has 0 atom stereocenters. The molecule has 0 saturated carbocycles. The highest BCUT2D eigenvalue weighted by Gasteiger charge is 2.04. The molecular formula is C15H22N4S. The second-order valence-electron chi connectivity index (χ2n) is 4.70. The van der Waals surface area contributed by atoms with E-state index >= 15 is 0 Å². The van der Waals surface area contributed by atoms with Gasteiger partial charge in [0.25, 0.3) is 0 Å². The summed E-state index contributed by atoms with van der Waals surface area (Å²) in [7, 11) is 0. The van der Waals surface area contributed by atoms with E-state index < -0.39 is 0 Å². The lowest BCUT2D eigenvalue weighted by molar-refractivity contribution is 0.914. The van der Waals surface area contributed by atoms with E-state index in [9.17, 15) is 0 Å². The summed E-state index contributed by atoms with van der Waals surface area (Å²) in [5.41, 5.74) is 0. The fourth-order valence-corrected chi connectivity index (χ4v) is 2.68. The van der Waals surface area contributed by atoms with Crippen molar-refractivity contribution in [3.63, 3.8) is 0 Å². The zero-order chi connectivity index (χ0) is 14.4. The molecule has 0 radical (unpaired) electrons. The Bertz CT molecular complexity index is 551. The number of nitrogens with zero attached hydrogens (tertiary/aromatic N) is 2. The van der Waals surface area contributed by atoms with Gasteiger partial charge >= 0.3 is 0 Å². The van der Waals surface area contributed by atoms with Gasteiger partial charge in [0.2, 0.25) is 0 Å². The first kappa shape index (κ1) is 14.8. The highest BCUT2D eigenvalue weighted by atomic mass is 32.1. The van der Waals surface area contributed by atoms with Crippen molar-refractivity contribution in [1.29, 1.82) is 0 Å². The largest absolute Gasteiger partial charge is 0.370 e. The Kier molecular flexibility index (Phi) is 5.35. The van der Waals surface area contributed by atoms with Gasteiger partial charge in [0.05, 0.1) is 6.54 Å². The molecule has 0 aliphatic rings. The van der Waals surface area contributed by atoms with Crippen LogP contribution in [0.3, 0.4) is 0 Å². The van der Waals surface area contributed by atoms with Crippen molar-refractivity contribution in [2.24, 2.45) is 0 Å². The van der Waals surface area contributed by atoms with Crippen LogP contribution in [0.4, 0.5) is 11.6 Å². The van der Waals surface area contributed by atoms with Crippen LogP contribution in [-0.2, 0) is 13.0 Å². The highest BCUT2D eigenvalue weighted by molar-refractivity contribution is 7.11. The van der Waals surface area contributed by atoms with Gasteiger partial charge in [0.1, 0.15) is 17.5 Å². The molecule has 0 bridgehead atoms. The van der Waals surface area contributed by atoms with Crippen molar-refractivity contribution < 1.29 is 0 Å². The number of thiophene rings is 1. The summed E-state index contributed by atoms with van der Waals surface area (Å²) in [6.45, 7) is 8.09. The van der Waals surface area contributed by atoms with Gasteiger partial charge in [-0.05, 0) is 25.5 Å². The molecule has 2 rings (SSSR count). The van der Waals surface area contributed by atoms with Crippen LogP contribution in [0.15, 0.2) is 18.2 Å². The number of nitrogens with one attached hydrogen (secondary N) is 2. The molecule has 2 heterocycles. The molecule has 0 saturated heterocycles. The minimum Gasteiger partial charge on any atom is -0.370 e. The molecule has 20 heavy (non-hydrogen) atoms. The van der Waals surface area contributed by atoms with E-state index in [2.05, 4.69) is 53.5 Å². The van der Waals surface area contributed by atoms with Crippen LogP contribution in [0, 0.1) is 6.92 Å². The maximum atomic E-state index is 4.52. The van der Waals surface area contributed by atoms with Gasteiger partial charge in [-0.2, -0.15) is 0 Å². The molecule has 4 nitrogen and oxygen atoms in total. The fourth-order valence-electron chi connectivity index (χ4n) is 1.85. The first-order valence-corrected chi connectivity index (χ1v) is 7.94. The predicted octanol–water partition coefficient (Wildman–Crippen LogP) is 3.84. The van der Waals surface area contributed by atoms with Crippen LogP contribution >= 0.6 is 11.3 Å². The molecule has 0 fully saturated rings. The van der Waals surface area contributed by atoms with Gasteiger partial charge in [0, 0.05) is 28.8 Å². The lowest BCUT2D eigenvalue weighted by atomic mass is 10.4. The van der Waals surface area contributed by atoms with Crippen molar-refractivity contribution in [3.8, 4) is 0 Å². The first-order valence-electron chi connectivity index (χ1n) is 7.12. The van der Waals surface area contributed by atoms with Crippen molar-refractivity contribution >= 4 is 23.0 Å². The van der Waals surface area contributed by atoms with Crippen LogP contribution in [0.5, 0.6) is 0 Å². The number of aromatic nitrogens is 2. The van der Waals surface area contributed by atoms with Crippen LogP contribution in [0.1, 0.15) is 35.8 Å². The minimum absolute atomic E-state index is 0.811. The van der Waals surface area contributed by atoms with E-state index in [1.54, 1.807) is 0 Å². The summed E-state index contributed by atoms with van der Waals surface area (Å²) in [6.07, 6.45) is 1.93. The summed E-state index contributed by atoms with van der Waals surface area (Å²) in [5.74, 6) is 2.67. The summed E-state index contributed by atoms with van der Waals surface area (Å²) < 4.78 is 0. The lowest BCUT2D eigenvalue weighted by Crippen LogP contribution is -2.08. The molecule has 2 aromatic heterocycles. The van der Waals surface area contributed by atoms with E-state index in [1.807, 2.05) is 17.4 Å². The van der Waals surface area contributed by atoms with Crippen molar-refractivity contribution in [2.75, 3.05) is 17.2 Å². The van der Waals surface area contributed by atoms with Crippen molar-refractivity contribution in [2.45, 2.75) is 40.2 Å². The number of hydrogen-bond acceptors (Lipinski definition) is 5. The van der Waals surface area contributed by atoms with Crippen molar-refractivity contribution in [1.82, 2.24) is 9.97 Å². The third-order valence-corrected chi connectivity index (χ3v) is 3.89. The van der Waals surface area contributed by atoms with Crippen molar-refractivity contribution in [3.05, 3.63) is 33.8 Å². The summed E-state index contributed by atoms with van der Waals surface area (Å²) in [4.78, 5) is 11.7. The Balaban J connectivity index is 2.05. The van der Waals surface area contributed by atoms with E-state index in [1.165, 1.54) is 9.75 Å². The smallest absolute Gasteiger partial charge is 0.132 e. The molecule has 0 unspecified atom stereocenters. The van der Waals surface area contributed by atoms with Crippen LogP contribution in [-0.4, -0.2) is 16.5 Å². The maximum Gasteiger partial charge on any atom is 0.132 e. The molecule has 108 valence electrons. The standard InChI is InChI=1S/C15H22N4S/c1-4-8-16-14-9-15(19-13(5-2)18-14)17-10-12-7-6-11(3)20-12/h6-7,9H,4-5,8,10H2,1-3H3,(H2,16,17,18,19). The van der Waals surface area contributed by atoms with Gasteiger partial charge < -0.3 is 10.6 Å². The quantitative estimate of drug-likeness (QED) is 0.813. The number of anilines is 2. The molecule has 2 N–H and O–H groups in total. The molecule has 0 amide bonds.